The fourth-order valence-corrected chi connectivity index (χ4v) is 3.20. The van der Waals surface area contributed by atoms with Crippen molar-refractivity contribution in [2.45, 2.75) is 18.6 Å². The van der Waals surface area contributed by atoms with Gasteiger partial charge in [0, 0.05) is 35.8 Å². The first-order valence-corrected chi connectivity index (χ1v) is 7.00. The maximum atomic E-state index is 13.0. The lowest BCUT2D eigenvalue weighted by atomic mass is 10.1. The normalized spacial score (nSPS) is 22.8. The molecule has 1 aromatic rings. The molecule has 0 unspecified atom stereocenters. The molecule has 1 amide bonds. The fourth-order valence-electron chi connectivity index (χ4n) is 1.96. The van der Waals surface area contributed by atoms with Crippen LogP contribution in [0.4, 0.5) is 4.39 Å². The number of carbonyl (C=O) groups excluding carboxylic acids is 1. The molecule has 0 aromatic carbocycles. The van der Waals surface area contributed by atoms with E-state index in [4.69, 9.17) is 0 Å². The minimum atomic E-state index is -0.932. The van der Waals surface area contributed by atoms with Crippen LogP contribution in [0.25, 0.3) is 0 Å². The molecule has 1 aliphatic rings. The first-order valence-electron chi connectivity index (χ1n) is 5.68. The maximum Gasteiger partial charge on any atom is 0.255 e. The first-order chi connectivity index (χ1) is 8.40. The lowest BCUT2D eigenvalue weighted by Gasteiger charge is -2.37. The molecule has 2 heterocycles. The highest BCUT2D eigenvalue weighted by atomic mass is 32.2. The van der Waals surface area contributed by atoms with E-state index in [1.807, 2.05) is 13.8 Å². The first kappa shape index (κ1) is 13.1. The van der Waals surface area contributed by atoms with Crippen molar-refractivity contribution >= 4 is 16.7 Å². The second-order valence-corrected chi connectivity index (χ2v) is 7.13. The number of nitrogens with zero attached hydrogens (tertiary/aromatic N) is 2. The summed E-state index contributed by atoms with van der Waals surface area (Å²) < 4.78 is 24.4. The highest BCUT2D eigenvalue weighted by Gasteiger charge is 2.35. The van der Waals surface area contributed by atoms with Crippen molar-refractivity contribution in [2.75, 3.05) is 18.8 Å². The van der Waals surface area contributed by atoms with Gasteiger partial charge in [0.15, 0.2) is 0 Å². The average Bonchev–Trinajstić information content (AvgIpc) is 2.31. The third-order valence-electron chi connectivity index (χ3n) is 2.97. The van der Waals surface area contributed by atoms with E-state index >= 15 is 0 Å². The molecule has 0 saturated carbocycles. The zero-order valence-corrected chi connectivity index (χ0v) is 11.2. The van der Waals surface area contributed by atoms with Gasteiger partial charge in [-0.2, -0.15) is 0 Å². The van der Waals surface area contributed by atoms with Crippen LogP contribution >= 0.6 is 0 Å². The summed E-state index contributed by atoms with van der Waals surface area (Å²) in [6, 6.07) is 1.17. The third-order valence-corrected chi connectivity index (χ3v) is 4.89. The lowest BCUT2D eigenvalue weighted by molar-refractivity contribution is 0.0745. The van der Waals surface area contributed by atoms with Crippen molar-refractivity contribution < 1.29 is 13.4 Å². The van der Waals surface area contributed by atoms with E-state index in [-0.39, 0.29) is 11.5 Å². The molecule has 0 spiro atoms. The number of aromatic nitrogens is 1. The summed E-state index contributed by atoms with van der Waals surface area (Å²) in [6.07, 6.45) is 2.41. The molecule has 1 aromatic heterocycles. The Morgan fingerprint density at radius 1 is 1.50 bits per heavy atom. The van der Waals surface area contributed by atoms with Crippen LogP contribution in [0.2, 0.25) is 0 Å². The van der Waals surface area contributed by atoms with Crippen LogP contribution in [0.5, 0.6) is 0 Å². The molecule has 1 aliphatic heterocycles. The molecule has 1 fully saturated rings. The van der Waals surface area contributed by atoms with Crippen molar-refractivity contribution in [1.82, 2.24) is 9.88 Å². The summed E-state index contributed by atoms with van der Waals surface area (Å²) in [5, 5.41) is 0. The number of halogens is 1. The van der Waals surface area contributed by atoms with Gasteiger partial charge in [0.05, 0.1) is 16.5 Å². The van der Waals surface area contributed by atoms with Crippen molar-refractivity contribution in [1.29, 1.82) is 0 Å². The van der Waals surface area contributed by atoms with E-state index in [2.05, 4.69) is 4.98 Å². The van der Waals surface area contributed by atoms with Gasteiger partial charge in [0.1, 0.15) is 5.82 Å². The molecule has 2 rings (SSSR count). The van der Waals surface area contributed by atoms with Crippen LogP contribution in [-0.4, -0.2) is 43.6 Å². The predicted octanol–water partition coefficient (Wildman–Crippen LogP) is 1.20. The van der Waals surface area contributed by atoms with Crippen molar-refractivity contribution in [3.63, 3.8) is 0 Å². The van der Waals surface area contributed by atoms with Crippen LogP contribution in [-0.2, 0) is 10.8 Å². The number of amides is 1. The minimum Gasteiger partial charge on any atom is -0.336 e. The standard InChI is InChI=1S/C12H15FN2O2S/c1-12(2)8-15(3-4-18(12)17)11(16)9-5-10(13)7-14-6-9/h5-7H,3-4,8H2,1-2H3/t18-/m1/s1. The Hall–Kier alpha value is -1.30. The molecule has 0 bridgehead atoms. The SMILES string of the molecule is CC1(C)CN(C(=O)c2cncc(F)c2)CC[S@]1=O. The lowest BCUT2D eigenvalue weighted by Crippen LogP contribution is -2.52. The summed E-state index contributed by atoms with van der Waals surface area (Å²) in [5.74, 6) is -0.325. The molecule has 0 aliphatic carbocycles. The van der Waals surface area contributed by atoms with E-state index in [0.717, 1.165) is 6.20 Å². The Morgan fingerprint density at radius 2 is 2.22 bits per heavy atom. The Kier molecular flexibility index (Phi) is 3.47. The zero-order chi connectivity index (χ0) is 13.3. The van der Waals surface area contributed by atoms with Gasteiger partial charge < -0.3 is 4.90 Å². The van der Waals surface area contributed by atoms with Crippen molar-refractivity contribution in [3.8, 4) is 0 Å². The topological polar surface area (TPSA) is 50.3 Å². The third kappa shape index (κ3) is 2.58. The second-order valence-electron chi connectivity index (χ2n) is 4.93. The second kappa shape index (κ2) is 4.76. The Bertz CT molecular complexity index is 505. The van der Waals surface area contributed by atoms with Gasteiger partial charge in [-0.05, 0) is 19.9 Å². The van der Waals surface area contributed by atoms with Crippen LogP contribution in [0.3, 0.4) is 0 Å². The van der Waals surface area contributed by atoms with E-state index in [1.54, 1.807) is 4.90 Å². The van der Waals surface area contributed by atoms with Gasteiger partial charge >= 0.3 is 0 Å². The van der Waals surface area contributed by atoms with Gasteiger partial charge in [-0.3, -0.25) is 14.0 Å². The number of carbonyl (C=O) groups is 1. The number of hydrogen-bond donors (Lipinski definition) is 0. The predicted molar refractivity (Wildman–Crippen MR) is 67.2 cm³/mol. The zero-order valence-electron chi connectivity index (χ0n) is 10.4. The van der Waals surface area contributed by atoms with E-state index in [9.17, 15) is 13.4 Å². The van der Waals surface area contributed by atoms with Gasteiger partial charge in [-0.25, -0.2) is 4.39 Å². The molecule has 4 nitrogen and oxygen atoms in total. The van der Waals surface area contributed by atoms with E-state index in [1.165, 1.54) is 12.3 Å². The molecular formula is C12H15FN2O2S. The number of pyridine rings is 1. The summed E-state index contributed by atoms with van der Waals surface area (Å²) in [7, 11) is -0.932. The molecule has 0 N–H and O–H groups in total. The van der Waals surface area contributed by atoms with Crippen molar-refractivity contribution in [3.05, 3.63) is 29.8 Å². The van der Waals surface area contributed by atoms with Gasteiger partial charge in [0.25, 0.3) is 5.91 Å². The largest absolute Gasteiger partial charge is 0.336 e. The number of hydrogen-bond acceptors (Lipinski definition) is 3. The maximum absolute atomic E-state index is 13.0. The Balaban J connectivity index is 2.18. The highest BCUT2D eigenvalue weighted by molar-refractivity contribution is 7.86. The van der Waals surface area contributed by atoms with Gasteiger partial charge in [0.2, 0.25) is 0 Å². The van der Waals surface area contributed by atoms with Gasteiger partial charge in [-0.1, -0.05) is 0 Å². The monoisotopic (exact) mass is 270 g/mol. The molecular weight excluding hydrogens is 255 g/mol. The summed E-state index contributed by atoms with van der Waals surface area (Å²) in [4.78, 5) is 17.4. The highest BCUT2D eigenvalue weighted by Crippen LogP contribution is 2.21. The molecule has 18 heavy (non-hydrogen) atoms. The van der Waals surface area contributed by atoms with E-state index < -0.39 is 21.4 Å². The molecule has 1 saturated heterocycles. The Labute approximate surface area is 108 Å². The minimum absolute atomic E-state index is 0.235. The van der Waals surface area contributed by atoms with Crippen molar-refractivity contribution in [2.24, 2.45) is 0 Å². The summed E-state index contributed by atoms with van der Waals surface area (Å²) in [5.41, 5.74) is 0.235. The Morgan fingerprint density at radius 3 is 2.83 bits per heavy atom. The van der Waals surface area contributed by atoms with Crippen LogP contribution in [0.1, 0.15) is 24.2 Å². The molecule has 98 valence electrons. The average molecular weight is 270 g/mol. The fraction of sp³-hybridized carbons (Fsp3) is 0.500. The van der Waals surface area contributed by atoms with Crippen LogP contribution in [0, 0.1) is 5.82 Å². The van der Waals surface area contributed by atoms with Crippen LogP contribution in [0.15, 0.2) is 18.5 Å². The number of rotatable bonds is 1. The molecule has 1 atom stereocenters. The molecule has 6 heteroatoms. The quantitative estimate of drug-likeness (QED) is 0.770. The van der Waals surface area contributed by atoms with Gasteiger partial charge in [-0.15, -0.1) is 0 Å². The molecule has 0 radical (unpaired) electrons. The van der Waals surface area contributed by atoms with Crippen LogP contribution < -0.4 is 0 Å². The van der Waals surface area contributed by atoms with E-state index in [0.29, 0.717) is 18.8 Å². The summed E-state index contributed by atoms with van der Waals surface area (Å²) in [6.45, 7) is 4.58. The smallest absolute Gasteiger partial charge is 0.255 e. The summed E-state index contributed by atoms with van der Waals surface area (Å²) >= 11 is 0.